The Kier molecular flexibility index (Phi) is 4.70. The van der Waals surface area contributed by atoms with E-state index in [1.807, 2.05) is 13.8 Å². The number of carbonyl (C=O) groups excluding carboxylic acids is 1. The van der Waals surface area contributed by atoms with Crippen molar-refractivity contribution in [1.82, 2.24) is 0 Å². The van der Waals surface area contributed by atoms with Gasteiger partial charge in [-0.25, -0.2) is 4.79 Å². The van der Waals surface area contributed by atoms with Gasteiger partial charge in [0.1, 0.15) is 0 Å². The number of ether oxygens (including phenoxy) is 1. The number of esters is 1. The number of hydrogen-bond donors (Lipinski definition) is 1. The molecule has 3 nitrogen and oxygen atoms in total. The number of methoxy groups -OCH3 is 1. The zero-order valence-corrected chi connectivity index (χ0v) is 8.72. The first-order valence-electron chi connectivity index (χ1n) is 4.54. The van der Waals surface area contributed by atoms with Crippen molar-refractivity contribution in [2.24, 2.45) is 5.73 Å². The lowest BCUT2D eigenvalue weighted by molar-refractivity contribution is -0.136. The summed E-state index contributed by atoms with van der Waals surface area (Å²) in [7, 11) is 1.35. The predicted octanol–water partition coefficient (Wildman–Crippen LogP) is 1.62. The standard InChI is InChI=1S/C10H19NO2/c1-5-10(11,6-2)7-8(3)9(12)13-4/h3,5-7,11H2,1-2,4H3. The van der Waals surface area contributed by atoms with Crippen molar-refractivity contribution in [3.63, 3.8) is 0 Å². The summed E-state index contributed by atoms with van der Waals surface area (Å²) in [5, 5.41) is 0. The SMILES string of the molecule is C=C(CC(N)(CC)CC)C(=O)OC. The first kappa shape index (κ1) is 12.2. The second kappa shape index (κ2) is 5.02. The molecule has 0 saturated heterocycles. The smallest absolute Gasteiger partial charge is 0.333 e. The van der Waals surface area contributed by atoms with Gasteiger partial charge in [0.2, 0.25) is 0 Å². The zero-order valence-electron chi connectivity index (χ0n) is 8.72. The number of nitrogens with two attached hydrogens (primary N) is 1. The maximum absolute atomic E-state index is 11.0. The van der Waals surface area contributed by atoms with Crippen LogP contribution < -0.4 is 5.73 Å². The Morgan fingerprint density at radius 1 is 1.46 bits per heavy atom. The summed E-state index contributed by atoms with van der Waals surface area (Å²) in [6, 6.07) is 0. The maximum Gasteiger partial charge on any atom is 0.333 e. The fourth-order valence-corrected chi connectivity index (χ4v) is 1.14. The molecule has 0 amide bonds. The van der Waals surface area contributed by atoms with Crippen LogP contribution in [0.4, 0.5) is 0 Å². The minimum absolute atomic E-state index is 0.314. The molecule has 0 rings (SSSR count). The molecule has 3 heteroatoms. The normalized spacial score (nSPS) is 11.1. The molecule has 0 radical (unpaired) electrons. The summed E-state index contributed by atoms with van der Waals surface area (Å²) < 4.78 is 4.55. The highest BCUT2D eigenvalue weighted by atomic mass is 16.5. The van der Waals surface area contributed by atoms with E-state index in [2.05, 4.69) is 11.3 Å². The van der Waals surface area contributed by atoms with Gasteiger partial charge in [0.15, 0.2) is 0 Å². The van der Waals surface area contributed by atoms with E-state index < -0.39 is 0 Å². The van der Waals surface area contributed by atoms with Crippen LogP contribution in [-0.4, -0.2) is 18.6 Å². The molecule has 0 atom stereocenters. The molecule has 0 unspecified atom stereocenters. The third-order valence-electron chi connectivity index (χ3n) is 2.45. The van der Waals surface area contributed by atoms with Crippen LogP contribution in [0.5, 0.6) is 0 Å². The van der Waals surface area contributed by atoms with Crippen molar-refractivity contribution in [3.05, 3.63) is 12.2 Å². The van der Waals surface area contributed by atoms with Gasteiger partial charge >= 0.3 is 5.97 Å². The van der Waals surface area contributed by atoms with Crippen molar-refractivity contribution in [1.29, 1.82) is 0 Å². The van der Waals surface area contributed by atoms with E-state index in [0.29, 0.717) is 12.0 Å². The van der Waals surface area contributed by atoms with Gasteiger partial charge in [0.25, 0.3) is 0 Å². The molecular formula is C10H19NO2. The highest BCUT2D eigenvalue weighted by Gasteiger charge is 2.23. The Bertz CT molecular complexity index is 195. The summed E-state index contributed by atoms with van der Waals surface area (Å²) >= 11 is 0. The third-order valence-corrected chi connectivity index (χ3v) is 2.45. The monoisotopic (exact) mass is 185 g/mol. The number of hydrogen-bond acceptors (Lipinski definition) is 3. The van der Waals surface area contributed by atoms with Crippen LogP contribution in [0.1, 0.15) is 33.1 Å². The third kappa shape index (κ3) is 3.59. The average Bonchev–Trinajstić information content (AvgIpc) is 2.16. The van der Waals surface area contributed by atoms with E-state index in [1.165, 1.54) is 7.11 Å². The Morgan fingerprint density at radius 3 is 2.23 bits per heavy atom. The Hall–Kier alpha value is -0.830. The molecule has 13 heavy (non-hydrogen) atoms. The van der Waals surface area contributed by atoms with Gasteiger partial charge < -0.3 is 10.5 Å². The van der Waals surface area contributed by atoms with Gasteiger partial charge in [-0.3, -0.25) is 0 Å². The summed E-state index contributed by atoms with van der Waals surface area (Å²) in [6.45, 7) is 7.67. The molecule has 0 aromatic carbocycles. The predicted molar refractivity (Wildman–Crippen MR) is 53.3 cm³/mol. The second-order valence-corrected chi connectivity index (χ2v) is 3.34. The minimum atomic E-state index is -0.364. The average molecular weight is 185 g/mol. The van der Waals surface area contributed by atoms with Gasteiger partial charge in [0, 0.05) is 11.1 Å². The van der Waals surface area contributed by atoms with Crippen molar-refractivity contribution in [2.75, 3.05) is 7.11 Å². The van der Waals surface area contributed by atoms with Gasteiger partial charge in [-0.15, -0.1) is 0 Å². The highest BCUT2D eigenvalue weighted by Crippen LogP contribution is 2.20. The molecule has 0 aliphatic heterocycles. The molecule has 0 aromatic rings. The van der Waals surface area contributed by atoms with Crippen molar-refractivity contribution in [3.8, 4) is 0 Å². The molecule has 0 spiro atoms. The van der Waals surface area contributed by atoms with Gasteiger partial charge in [-0.2, -0.15) is 0 Å². The van der Waals surface area contributed by atoms with E-state index in [4.69, 9.17) is 5.73 Å². The van der Waals surface area contributed by atoms with Crippen molar-refractivity contribution < 1.29 is 9.53 Å². The zero-order chi connectivity index (χ0) is 10.5. The maximum atomic E-state index is 11.0. The number of carbonyl (C=O) groups is 1. The lowest BCUT2D eigenvalue weighted by Crippen LogP contribution is -2.39. The van der Waals surface area contributed by atoms with Gasteiger partial charge in [-0.1, -0.05) is 20.4 Å². The molecule has 0 aliphatic carbocycles. The molecule has 0 fully saturated rings. The van der Waals surface area contributed by atoms with Crippen LogP contribution in [0.2, 0.25) is 0 Å². The Morgan fingerprint density at radius 2 is 1.92 bits per heavy atom. The lowest BCUT2D eigenvalue weighted by Gasteiger charge is -2.26. The van der Waals surface area contributed by atoms with E-state index in [9.17, 15) is 4.79 Å². The Balaban J connectivity index is 4.25. The second-order valence-electron chi connectivity index (χ2n) is 3.34. The van der Waals surface area contributed by atoms with E-state index in [1.54, 1.807) is 0 Å². The van der Waals surface area contributed by atoms with Crippen LogP contribution in [0.25, 0.3) is 0 Å². The highest BCUT2D eigenvalue weighted by molar-refractivity contribution is 5.87. The molecular weight excluding hydrogens is 166 g/mol. The minimum Gasteiger partial charge on any atom is -0.466 e. The fourth-order valence-electron chi connectivity index (χ4n) is 1.14. The van der Waals surface area contributed by atoms with Crippen molar-refractivity contribution >= 4 is 5.97 Å². The summed E-state index contributed by atoms with van der Waals surface area (Å²) in [5.74, 6) is -0.364. The molecule has 76 valence electrons. The van der Waals surface area contributed by atoms with Crippen LogP contribution in [0.15, 0.2) is 12.2 Å². The van der Waals surface area contributed by atoms with Crippen LogP contribution in [-0.2, 0) is 9.53 Å². The summed E-state index contributed by atoms with van der Waals surface area (Å²) in [6.07, 6.45) is 2.17. The molecule has 0 bridgehead atoms. The van der Waals surface area contributed by atoms with E-state index in [-0.39, 0.29) is 11.5 Å². The van der Waals surface area contributed by atoms with Gasteiger partial charge in [-0.05, 0) is 19.3 Å². The van der Waals surface area contributed by atoms with Crippen LogP contribution in [0.3, 0.4) is 0 Å². The largest absolute Gasteiger partial charge is 0.466 e. The van der Waals surface area contributed by atoms with E-state index >= 15 is 0 Å². The van der Waals surface area contributed by atoms with Crippen LogP contribution in [0, 0.1) is 0 Å². The quantitative estimate of drug-likeness (QED) is 0.523. The first-order valence-corrected chi connectivity index (χ1v) is 4.54. The molecule has 0 aliphatic rings. The van der Waals surface area contributed by atoms with Crippen molar-refractivity contribution in [2.45, 2.75) is 38.6 Å². The van der Waals surface area contributed by atoms with Crippen LogP contribution >= 0.6 is 0 Å². The Labute approximate surface area is 79.9 Å². The summed E-state index contributed by atoms with van der Waals surface area (Å²) in [4.78, 5) is 11.0. The first-order chi connectivity index (χ1) is 5.99. The fraction of sp³-hybridized carbons (Fsp3) is 0.700. The molecule has 2 N–H and O–H groups in total. The molecule has 0 saturated carbocycles. The molecule has 0 aromatic heterocycles. The number of rotatable bonds is 5. The van der Waals surface area contributed by atoms with Gasteiger partial charge in [0.05, 0.1) is 7.11 Å². The topological polar surface area (TPSA) is 52.3 Å². The molecule has 0 heterocycles. The van der Waals surface area contributed by atoms with E-state index in [0.717, 1.165) is 12.8 Å². The summed E-state index contributed by atoms with van der Waals surface area (Å²) in [5.41, 5.74) is 6.16. The lowest BCUT2D eigenvalue weighted by atomic mass is 9.87.